The number of ether oxygens (including phenoxy) is 1. The summed E-state index contributed by atoms with van der Waals surface area (Å²) in [6.45, 7) is 4.53. The van der Waals surface area contributed by atoms with Crippen molar-refractivity contribution in [3.05, 3.63) is 24.0 Å². The summed E-state index contributed by atoms with van der Waals surface area (Å²) < 4.78 is 46.8. The largest absolute Gasteiger partial charge is 0.490 e. The van der Waals surface area contributed by atoms with E-state index in [1.54, 1.807) is 13.8 Å². The Hall–Kier alpha value is -1.18. The Bertz CT molecular complexity index is 643. The highest BCUT2D eigenvalue weighted by molar-refractivity contribution is 7.89. The van der Waals surface area contributed by atoms with E-state index in [1.165, 1.54) is 12.1 Å². The average molecular weight is 344 g/mol. The van der Waals surface area contributed by atoms with Gasteiger partial charge in [-0.15, -0.1) is 0 Å². The van der Waals surface area contributed by atoms with Crippen LogP contribution in [0, 0.1) is 11.7 Å². The van der Waals surface area contributed by atoms with Crippen molar-refractivity contribution in [3.8, 4) is 5.75 Å². The summed E-state index contributed by atoms with van der Waals surface area (Å²) in [5, 5.41) is 0. The normalized spacial score (nSPS) is 15.7. The van der Waals surface area contributed by atoms with Crippen LogP contribution in [0.3, 0.4) is 0 Å². The van der Waals surface area contributed by atoms with Crippen LogP contribution < -0.4 is 15.2 Å². The molecule has 1 saturated carbocycles. The first-order valence-electron chi connectivity index (χ1n) is 7.90. The number of nitrogens with one attached hydrogen (secondary N) is 1. The fourth-order valence-electron chi connectivity index (χ4n) is 2.27. The molecular formula is C16H25FN2O3S. The summed E-state index contributed by atoms with van der Waals surface area (Å²) in [6.07, 6.45) is 3.50. The zero-order valence-electron chi connectivity index (χ0n) is 13.6. The lowest BCUT2D eigenvalue weighted by Gasteiger charge is -2.26. The minimum absolute atomic E-state index is 0.00511. The van der Waals surface area contributed by atoms with Crippen LogP contribution in [0.25, 0.3) is 0 Å². The maximum atomic E-state index is 13.8. The Morgan fingerprint density at radius 1 is 1.39 bits per heavy atom. The van der Waals surface area contributed by atoms with Gasteiger partial charge in [-0.1, -0.05) is 0 Å². The average Bonchev–Trinajstić information content (AvgIpc) is 3.27. The molecule has 0 unspecified atom stereocenters. The predicted octanol–water partition coefficient (Wildman–Crippen LogP) is 2.41. The van der Waals surface area contributed by atoms with Crippen molar-refractivity contribution >= 4 is 10.0 Å². The van der Waals surface area contributed by atoms with E-state index in [-0.39, 0.29) is 10.6 Å². The van der Waals surface area contributed by atoms with E-state index in [0.29, 0.717) is 31.9 Å². The third-order valence-electron chi connectivity index (χ3n) is 3.80. The molecule has 0 aromatic heterocycles. The Morgan fingerprint density at radius 2 is 2.09 bits per heavy atom. The minimum Gasteiger partial charge on any atom is -0.490 e. The van der Waals surface area contributed by atoms with Crippen molar-refractivity contribution in [2.75, 3.05) is 13.2 Å². The van der Waals surface area contributed by atoms with Crippen molar-refractivity contribution in [3.63, 3.8) is 0 Å². The second-order valence-corrected chi connectivity index (χ2v) is 8.41. The summed E-state index contributed by atoms with van der Waals surface area (Å²) in [5.41, 5.74) is 4.85. The van der Waals surface area contributed by atoms with E-state index < -0.39 is 21.4 Å². The van der Waals surface area contributed by atoms with Crippen LogP contribution in [0.1, 0.15) is 39.5 Å². The number of benzene rings is 1. The fourth-order valence-corrected chi connectivity index (χ4v) is 3.73. The van der Waals surface area contributed by atoms with E-state index in [1.807, 2.05) is 0 Å². The quantitative estimate of drug-likeness (QED) is 0.721. The minimum atomic E-state index is -3.75. The van der Waals surface area contributed by atoms with Gasteiger partial charge in [0.25, 0.3) is 0 Å². The van der Waals surface area contributed by atoms with Crippen molar-refractivity contribution in [2.45, 2.75) is 50.0 Å². The Kier molecular flexibility index (Phi) is 5.65. The van der Waals surface area contributed by atoms with Crippen molar-refractivity contribution in [1.29, 1.82) is 0 Å². The molecule has 0 heterocycles. The molecule has 0 amide bonds. The van der Waals surface area contributed by atoms with Crippen LogP contribution in [0.15, 0.2) is 23.1 Å². The van der Waals surface area contributed by atoms with E-state index in [2.05, 4.69) is 4.72 Å². The first kappa shape index (κ1) is 18.2. The van der Waals surface area contributed by atoms with Gasteiger partial charge in [0.2, 0.25) is 10.0 Å². The molecule has 130 valence electrons. The zero-order chi connectivity index (χ0) is 17.1. The second-order valence-electron chi connectivity index (χ2n) is 6.73. The summed E-state index contributed by atoms with van der Waals surface area (Å²) in [4.78, 5) is 0.00511. The van der Waals surface area contributed by atoms with Gasteiger partial charge in [-0.05, 0) is 64.1 Å². The zero-order valence-corrected chi connectivity index (χ0v) is 14.5. The SMILES string of the molecule is CC(C)(CCCN)NS(=O)(=O)c1ccc(F)c(OCC2CC2)c1. The van der Waals surface area contributed by atoms with Crippen LogP contribution in [-0.2, 0) is 10.0 Å². The van der Waals surface area contributed by atoms with E-state index in [4.69, 9.17) is 10.5 Å². The number of nitrogens with two attached hydrogens (primary N) is 1. The Morgan fingerprint density at radius 3 is 2.70 bits per heavy atom. The molecule has 0 spiro atoms. The molecule has 7 heteroatoms. The molecule has 1 aromatic carbocycles. The molecular weight excluding hydrogens is 319 g/mol. The second kappa shape index (κ2) is 7.15. The third-order valence-corrected chi connectivity index (χ3v) is 5.50. The number of hydrogen-bond acceptors (Lipinski definition) is 4. The van der Waals surface area contributed by atoms with Crippen LogP contribution in [0.5, 0.6) is 5.75 Å². The van der Waals surface area contributed by atoms with Gasteiger partial charge in [-0.3, -0.25) is 0 Å². The van der Waals surface area contributed by atoms with Gasteiger partial charge in [0.05, 0.1) is 11.5 Å². The summed E-state index contributed by atoms with van der Waals surface area (Å²) in [5.74, 6) is -0.102. The van der Waals surface area contributed by atoms with Gasteiger partial charge in [0.15, 0.2) is 11.6 Å². The lowest BCUT2D eigenvalue weighted by molar-refractivity contribution is 0.284. The molecule has 0 bridgehead atoms. The standard InChI is InChI=1S/C16H25FN2O3S/c1-16(2,8-3-9-18)19-23(20,21)13-6-7-14(17)15(10-13)22-11-12-4-5-12/h6-7,10,12,19H,3-5,8-9,11,18H2,1-2H3. The number of hydrogen-bond donors (Lipinski definition) is 2. The van der Waals surface area contributed by atoms with Crippen molar-refractivity contribution in [1.82, 2.24) is 4.72 Å². The molecule has 23 heavy (non-hydrogen) atoms. The molecule has 0 atom stereocenters. The van der Waals surface area contributed by atoms with Gasteiger partial charge in [0, 0.05) is 11.6 Å². The molecule has 1 aromatic rings. The van der Waals surface area contributed by atoms with E-state index in [9.17, 15) is 12.8 Å². The number of halogens is 1. The maximum absolute atomic E-state index is 13.8. The van der Waals surface area contributed by atoms with Crippen molar-refractivity contribution in [2.24, 2.45) is 11.7 Å². The lowest BCUT2D eigenvalue weighted by atomic mass is 10.0. The molecule has 3 N–H and O–H groups in total. The molecule has 1 aliphatic carbocycles. The summed E-state index contributed by atoms with van der Waals surface area (Å²) in [7, 11) is -3.75. The highest BCUT2D eigenvalue weighted by atomic mass is 32.2. The lowest BCUT2D eigenvalue weighted by Crippen LogP contribution is -2.43. The molecule has 2 rings (SSSR count). The Balaban J connectivity index is 2.13. The molecule has 0 aliphatic heterocycles. The Labute approximate surface area is 137 Å². The highest BCUT2D eigenvalue weighted by Crippen LogP contribution is 2.31. The van der Waals surface area contributed by atoms with Crippen LogP contribution >= 0.6 is 0 Å². The predicted molar refractivity (Wildman–Crippen MR) is 87.3 cm³/mol. The van der Waals surface area contributed by atoms with Gasteiger partial charge in [-0.25, -0.2) is 17.5 Å². The molecule has 0 radical (unpaired) electrons. The van der Waals surface area contributed by atoms with Gasteiger partial charge >= 0.3 is 0 Å². The third kappa shape index (κ3) is 5.44. The highest BCUT2D eigenvalue weighted by Gasteiger charge is 2.27. The van der Waals surface area contributed by atoms with Gasteiger partial charge in [0.1, 0.15) is 0 Å². The summed E-state index contributed by atoms with van der Waals surface area (Å²) in [6, 6.07) is 3.63. The monoisotopic (exact) mass is 344 g/mol. The van der Waals surface area contributed by atoms with Crippen LogP contribution in [0.4, 0.5) is 4.39 Å². The molecule has 5 nitrogen and oxygen atoms in total. The first-order valence-corrected chi connectivity index (χ1v) is 9.38. The molecule has 0 saturated heterocycles. The van der Waals surface area contributed by atoms with Gasteiger partial charge in [-0.2, -0.15) is 0 Å². The molecule has 1 fully saturated rings. The van der Waals surface area contributed by atoms with Crippen LogP contribution in [-0.4, -0.2) is 27.1 Å². The first-order chi connectivity index (χ1) is 10.7. The van der Waals surface area contributed by atoms with E-state index in [0.717, 1.165) is 18.9 Å². The van der Waals surface area contributed by atoms with Crippen LogP contribution in [0.2, 0.25) is 0 Å². The smallest absolute Gasteiger partial charge is 0.241 e. The summed E-state index contributed by atoms with van der Waals surface area (Å²) >= 11 is 0. The molecule has 1 aliphatic rings. The van der Waals surface area contributed by atoms with Crippen molar-refractivity contribution < 1.29 is 17.5 Å². The maximum Gasteiger partial charge on any atom is 0.241 e. The van der Waals surface area contributed by atoms with Gasteiger partial charge < -0.3 is 10.5 Å². The number of sulfonamides is 1. The fraction of sp³-hybridized carbons (Fsp3) is 0.625. The number of rotatable bonds is 9. The van der Waals surface area contributed by atoms with E-state index >= 15 is 0 Å². The topological polar surface area (TPSA) is 81.4 Å².